The first-order valence-corrected chi connectivity index (χ1v) is 10.7. The van der Waals surface area contributed by atoms with Gasteiger partial charge in [-0.25, -0.2) is 13.2 Å². The van der Waals surface area contributed by atoms with Crippen LogP contribution in [0.2, 0.25) is 0 Å². The fourth-order valence-electron chi connectivity index (χ4n) is 3.30. The fraction of sp³-hybridized carbons (Fsp3) is 0.526. The van der Waals surface area contributed by atoms with Gasteiger partial charge in [-0.2, -0.15) is 0 Å². The summed E-state index contributed by atoms with van der Waals surface area (Å²) in [5.74, 6) is 1.14. The molecule has 1 amide bonds. The minimum absolute atomic E-state index is 0.115. The van der Waals surface area contributed by atoms with E-state index in [9.17, 15) is 13.2 Å². The van der Waals surface area contributed by atoms with Crippen LogP contribution in [0.1, 0.15) is 13.3 Å². The second-order valence-corrected chi connectivity index (χ2v) is 9.36. The third-order valence-electron chi connectivity index (χ3n) is 4.95. The molecule has 148 valence electrons. The van der Waals surface area contributed by atoms with E-state index in [0.29, 0.717) is 24.3 Å². The smallest absolute Gasteiger partial charge is 0.410 e. The van der Waals surface area contributed by atoms with Crippen LogP contribution >= 0.6 is 0 Å². The highest BCUT2D eigenvalue weighted by atomic mass is 32.2. The number of nitrogens with zero attached hydrogens (tertiary/aromatic N) is 1. The number of hydrogen-bond donors (Lipinski definition) is 1. The summed E-state index contributed by atoms with van der Waals surface area (Å²) in [4.78, 5) is 13.3. The summed E-state index contributed by atoms with van der Waals surface area (Å²) in [6.45, 7) is 7.59. The Balaban J connectivity index is 1.52. The fourth-order valence-corrected chi connectivity index (χ4v) is 4.95. The summed E-state index contributed by atoms with van der Waals surface area (Å²) in [6.07, 6.45) is 2.04. The Morgan fingerprint density at radius 3 is 2.63 bits per heavy atom. The first kappa shape index (κ1) is 19.7. The molecular weight excluding hydrogens is 368 g/mol. The van der Waals surface area contributed by atoms with Crippen LogP contribution in [0.3, 0.4) is 0 Å². The molecule has 3 rings (SSSR count). The lowest BCUT2D eigenvalue weighted by molar-refractivity contribution is 0.0908. The van der Waals surface area contributed by atoms with Crippen molar-refractivity contribution in [2.45, 2.75) is 29.5 Å². The van der Waals surface area contributed by atoms with Crippen molar-refractivity contribution in [3.8, 4) is 5.75 Å². The molecule has 0 aliphatic carbocycles. The zero-order valence-corrected chi connectivity index (χ0v) is 16.3. The lowest BCUT2D eigenvalue weighted by Crippen LogP contribution is -2.56. The molecule has 1 aromatic carbocycles. The molecule has 2 heterocycles. The lowest BCUT2D eigenvalue weighted by atomic mass is 10.1. The van der Waals surface area contributed by atoms with E-state index in [0.717, 1.165) is 13.0 Å². The topological polar surface area (TPSA) is 84.9 Å². The van der Waals surface area contributed by atoms with Gasteiger partial charge in [0.15, 0.2) is 9.84 Å². The van der Waals surface area contributed by atoms with Gasteiger partial charge in [0.05, 0.1) is 11.5 Å². The van der Waals surface area contributed by atoms with Crippen LogP contribution < -0.4 is 10.1 Å². The van der Waals surface area contributed by atoms with Gasteiger partial charge in [-0.15, -0.1) is 0 Å². The van der Waals surface area contributed by atoms with Crippen LogP contribution in [0.25, 0.3) is 0 Å². The maximum Gasteiger partial charge on any atom is 0.410 e. The van der Waals surface area contributed by atoms with Crippen molar-refractivity contribution in [3.63, 3.8) is 0 Å². The van der Waals surface area contributed by atoms with Gasteiger partial charge < -0.3 is 19.7 Å². The zero-order chi connectivity index (χ0) is 19.4. The second-order valence-electron chi connectivity index (χ2n) is 7.13. The summed E-state index contributed by atoms with van der Waals surface area (Å²) in [6, 6.07) is 7.03. The van der Waals surface area contributed by atoms with Crippen LogP contribution in [-0.4, -0.2) is 63.6 Å². The van der Waals surface area contributed by atoms with Gasteiger partial charge in [-0.3, -0.25) is 0 Å². The third-order valence-corrected chi connectivity index (χ3v) is 7.05. The van der Waals surface area contributed by atoms with E-state index in [1.807, 2.05) is 0 Å². The molecule has 2 fully saturated rings. The maximum absolute atomic E-state index is 12.7. The minimum Gasteiger partial charge on any atom is -0.493 e. The van der Waals surface area contributed by atoms with Crippen molar-refractivity contribution in [1.29, 1.82) is 0 Å². The molecule has 7 nitrogen and oxygen atoms in total. The molecular formula is C19H26N2O5S. The largest absolute Gasteiger partial charge is 0.493 e. The summed E-state index contributed by atoms with van der Waals surface area (Å²) >= 11 is 0. The molecule has 0 unspecified atom stereocenters. The first-order valence-electron chi connectivity index (χ1n) is 9.13. The number of carbonyl (C=O) groups excluding carboxylic acids is 1. The Kier molecular flexibility index (Phi) is 6.06. The molecule has 0 radical (unpaired) electrons. The number of sulfone groups is 1. The number of benzene rings is 1. The summed E-state index contributed by atoms with van der Waals surface area (Å²) in [5.41, 5.74) is 0. The maximum atomic E-state index is 12.7. The number of hydrogen-bond acceptors (Lipinski definition) is 6. The van der Waals surface area contributed by atoms with Gasteiger partial charge in [0.1, 0.15) is 17.6 Å². The Morgan fingerprint density at radius 2 is 2.04 bits per heavy atom. The van der Waals surface area contributed by atoms with E-state index in [1.165, 1.54) is 11.0 Å². The third kappa shape index (κ3) is 4.62. The van der Waals surface area contributed by atoms with Crippen LogP contribution in [0, 0.1) is 5.92 Å². The molecule has 0 saturated carbocycles. The normalized spacial score (nSPS) is 22.9. The number of carbonyl (C=O) groups is 1. The number of amides is 1. The summed E-state index contributed by atoms with van der Waals surface area (Å²) < 4.78 is 36.0. The van der Waals surface area contributed by atoms with E-state index in [2.05, 4.69) is 18.8 Å². The van der Waals surface area contributed by atoms with Crippen molar-refractivity contribution in [2.75, 3.05) is 32.8 Å². The number of nitrogens with one attached hydrogen (secondary N) is 1. The van der Waals surface area contributed by atoms with Crippen LogP contribution in [-0.2, 0) is 14.6 Å². The average molecular weight is 394 g/mol. The molecule has 2 aliphatic rings. The minimum atomic E-state index is -3.48. The van der Waals surface area contributed by atoms with Crippen molar-refractivity contribution in [3.05, 3.63) is 36.9 Å². The zero-order valence-electron chi connectivity index (χ0n) is 15.5. The van der Waals surface area contributed by atoms with Gasteiger partial charge in [0, 0.05) is 31.6 Å². The quantitative estimate of drug-likeness (QED) is 0.711. The Bertz CT molecular complexity index is 772. The average Bonchev–Trinajstić information content (AvgIpc) is 3.02. The van der Waals surface area contributed by atoms with Gasteiger partial charge in [-0.05, 0) is 37.6 Å². The van der Waals surface area contributed by atoms with Crippen LogP contribution in [0.4, 0.5) is 4.79 Å². The molecule has 8 heteroatoms. The second kappa shape index (κ2) is 8.31. The summed E-state index contributed by atoms with van der Waals surface area (Å²) in [7, 11) is -3.48. The number of rotatable bonds is 7. The first-order chi connectivity index (χ1) is 12.9. The van der Waals surface area contributed by atoms with E-state index in [4.69, 9.17) is 9.47 Å². The van der Waals surface area contributed by atoms with E-state index in [-0.39, 0.29) is 24.6 Å². The lowest BCUT2D eigenvalue weighted by Gasteiger charge is -2.37. The van der Waals surface area contributed by atoms with Gasteiger partial charge >= 0.3 is 6.09 Å². The predicted octanol–water partition coefficient (Wildman–Crippen LogP) is 1.84. The molecule has 0 bridgehead atoms. The summed E-state index contributed by atoms with van der Waals surface area (Å²) in [5, 5.41) is 2.78. The molecule has 2 saturated heterocycles. The molecule has 0 spiro atoms. The standard InChI is InChI=1S/C19H26N2O5S/c1-3-8-25-19(22)21-11-18(12-21)27(23,24)17-6-4-16(5-7-17)26-13-15-9-14(2)20-10-15/h3-7,14-15,18,20H,1,8-13H2,2H3/t14-,15+/m1/s1. The van der Waals surface area contributed by atoms with Crippen molar-refractivity contribution < 1.29 is 22.7 Å². The molecule has 1 aromatic rings. The van der Waals surface area contributed by atoms with E-state index < -0.39 is 21.2 Å². The Morgan fingerprint density at radius 1 is 1.33 bits per heavy atom. The van der Waals surface area contributed by atoms with E-state index in [1.54, 1.807) is 24.3 Å². The highest BCUT2D eigenvalue weighted by molar-refractivity contribution is 7.92. The van der Waals surface area contributed by atoms with Crippen molar-refractivity contribution in [2.24, 2.45) is 5.92 Å². The van der Waals surface area contributed by atoms with Crippen LogP contribution in [0.15, 0.2) is 41.8 Å². The van der Waals surface area contributed by atoms with Gasteiger partial charge in [-0.1, -0.05) is 12.7 Å². The molecule has 27 heavy (non-hydrogen) atoms. The van der Waals surface area contributed by atoms with Crippen LogP contribution in [0.5, 0.6) is 5.75 Å². The number of likely N-dealkylation sites (tertiary alicyclic amines) is 1. The SMILES string of the molecule is C=CCOC(=O)N1CC(S(=O)(=O)c2ccc(OC[C@@H]3CN[C@H](C)C3)cc2)C1. The Hall–Kier alpha value is -2.06. The van der Waals surface area contributed by atoms with E-state index >= 15 is 0 Å². The highest BCUT2D eigenvalue weighted by Gasteiger charge is 2.41. The molecule has 1 N–H and O–H groups in total. The predicted molar refractivity (Wildman–Crippen MR) is 102 cm³/mol. The van der Waals surface area contributed by atoms with Gasteiger partial charge in [0.25, 0.3) is 0 Å². The highest BCUT2D eigenvalue weighted by Crippen LogP contribution is 2.26. The molecule has 2 aliphatic heterocycles. The molecule has 0 aromatic heterocycles. The van der Waals surface area contributed by atoms with Gasteiger partial charge in [0.2, 0.25) is 0 Å². The van der Waals surface area contributed by atoms with Crippen molar-refractivity contribution in [1.82, 2.24) is 10.2 Å². The van der Waals surface area contributed by atoms with Crippen molar-refractivity contribution >= 4 is 15.9 Å². The monoisotopic (exact) mass is 394 g/mol. The molecule has 2 atom stereocenters. The number of ether oxygens (including phenoxy) is 2. The Labute approximate surface area is 160 Å².